The number of nitrogens with zero attached hydrogens (tertiary/aromatic N) is 2. The van der Waals surface area contributed by atoms with Gasteiger partial charge in [-0.05, 0) is 23.8 Å². The van der Waals surface area contributed by atoms with Crippen molar-refractivity contribution >= 4 is 23.8 Å². The Morgan fingerprint density at radius 1 is 0.643 bits per heavy atom. The minimum absolute atomic E-state index is 0.446. The molecule has 0 aliphatic rings. The Balaban J connectivity index is 0.000000211. The van der Waals surface area contributed by atoms with Crippen molar-refractivity contribution in [3.8, 4) is 10.1 Å². The third-order valence-corrected chi connectivity index (χ3v) is 6.49. The molecule has 4 aromatic rings. The van der Waals surface area contributed by atoms with E-state index in [1.54, 1.807) is 18.6 Å². The average molecular weight is 562 g/mol. The van der Waals surface area contributed by atoms with Crippen LogP contribution in [0.15, 0.2) is 110 Å². The maximum Gasteiger partial charge on any atom is -0.0134 e. The summed E-state index contributed by atoms with van der Waals surface area (Å²) in [4.78, 5) is 7.76. The van der Waals surface area contributed by atoms with Crippen LogP contribution in [0.4, 0.5) is 0 Å². The zero-order chi connectivity index (χ0) is 19.4. The van der Waals surface area contributed by atoms with Crippen molar-refractivity contribution in [3.05, 3.63) is 115 Å². The predicted octanol–water partition coefficient (Wildman–Crippen LogP) is 3.78. The van der Waals surface area contributed by atoms with Crippen molar-refractivity contribution in [1.82, 2.24) is 9.97 Å². The molecule has 1 aromatic heterocycles. The summed E-state index contributed by atoms with van der Waals surface area (Å²) in [6, 6.07) is 32.3. The fourth-order valence-electron chi connectivity index (χ4n) is 2.58. The smallest absolute Gasteiger partial charge is 0.0134 e. The average Bonchev–Trinajstić information content (AvgIpc) is 2.78. The van der Waals surface area contributed by atoms with Crippen LogP contribution in [0.5, 0.6) is 0 Å². The number of hydrogen-bond acceptors (Lipinski definition) is 2. The van der Waals surface area contributed by atoms with Crippen LogP contribution >= 0.6 is 7.92 Å². The fraction of sp³-hybridized carbons (Fsp3) is 0. The molecule has 0 fully saturated rings. The van der Waals surface area contributed by atoms with Gasteiger partial charge in [-0.25, -0.2) is 0 Å². The van der Waals surface area contributed by atoms with Gasteiger partial charge in [-0.1, -0.05) is 91.0 Å². The molecule has 140 valence electrons. The van der Waals surface area contributed by atoms with E-state index in [-0.39, 0.29) is 0 Å². The maximum atomic E-state index is 3.92. The van der Waals surface area contributed by atoms with Gasteiger partial charge in [-0.15, -0.1) is 0 Å². The van der Waals surface area contributed by atoms with E-state index in [4.69, 9.17) is 0 Å². The second-order valence-electron chi connectivity index (χ2n) is 5.63. The van der Waals surface area contributed by atoms with Crippen molar-refractivity contribution in [2.24, 2.45) is 0 Å². The summed E-state index contributed by atoms with van der Waals surface area (Å²) in [7, 11) is -0.446. The van der Waals surface area contributed by atoms with E-state index < -0.39 is 7.92 Å². The molecule has 0 spiro atoms. The van der Waals surface area contributed by atoms with Gasteiger partial charge in [0, 0.05) is 0 Å². The van der Waals surface area contributed by atoms with Gasteiger partial charge in [0.2, 0.25) is 0 Å². The van der Waals surface area contributed by atoms with Crippen molar-refractivity contribution in [1.29, 1.82) is 0 Å². The molecule has 28 heavy (non-hydrogen) atoms. The molecule has 0 N–H and O–H groups in total. The minimum atomic E-state index is -0.446. The predicted molar refractivity (Wildman–Crippen MR) is 114 cm³/mol. The van der Waals surface area contributed by atoms with Gasteiger partial charge >= 0.3 is 65.4 Å². The van der Waals surface area contributed by atoms with Gasteiger partial charge in [0.1, 0.15) is 0 Å². The molecule has 0 bridgehead atoms. The van der Waals surface area contributed by atoms with E-state index in [9.17, 15) is 0 Å². The van der Waals surface area contributed by atoms with Crippen LogP contribution in [-0.4, -0.2) is 9.97 Å². The Kier molecular flexibility index (Phi) is 8.19. The van der Waals surface area contributed by atoms with Gasteiger partial charge < -0.3 is 0 Å². The molecule has 2 nitrogen and oxygen atoms in total. The molecule has 4 rings (SSSR count). The Morgan fingerprint density at radius 2 is 1.11 bits per heavy atom. The van der Waals surface area contributed by atoms with Crippen LogP contribution < -0.4 is 15.9 Å². The number of rotatable bonds is 3. The van der Waals surface area contributed by atoms with Crippen LogP contribution in [0.3, 0.4) is 0 Å². The number of aromatic nitrogens is 2. The Morgan fingerprint density at radius 3 is 1.46 bits per heavy atom. The van der Waals surface area contributed by atoms with E-state index in [2.05, 4.69) is 132 Å². The Hall–Kier alpha value is -2.53. The van der Waals surface area contributed by atoms with Crippen LogP contribution in [0.2, 0.25) is 0 Å². The summed E-state index contributed by atoms with van der Waals surface area (Å²) in [5, 5.41) is 4.19. The molecule has 0 saturated heterocycles. The maximum absolute atomic E-state index is 3.92. The molecule has 4 heteroatoms. The van der Waals surface area contributed by atoms with Crippen molar-refractivity contribution in [2.75, 3.05) is 0 Å². The van der Waals surface area contributed by atoms with E-state index in [1.807, 2.05) is 0 Å². The van der Waals surface area contributed by atoms with Crippen molar-refractivity contribution in [2.45, 2.75) is 0 Å². The quantitative estimate of drug-likeness (QED) is 0.216. The van der Waals surface area contributed by atoms with E-state index in [0.29, 0.717) is 5.69 Å². The summed E-state index contributed by atoms with van der Waals surface area (Å²) in [6.45, 7) is 0. The topological polar surface area (TPSA) is 25.8 Å². The molecule has 0 aliphatic heterocycles. The van der Waals surface area contributed by atoms with E-state index in [0.717, 1.165) is 0 Å². The molecule has 3 aromatic carbocycles. The van der Waals surface area contributed by atoms with Crippen LogP contribution in [0.1, 0.15) is 5.69 Å². The van der Waals surface area contributed by atoms with E-state index >= 15 is 0 Å². The summed E-state index contributed by atoms with van der Waals surface area (Å²) in [6.07, 6.45) is 4.87. The third-order valence-electron chi connectivity index (χ3n) is 3.77. The van der Waals surface area contributed by atoms with Gasteiger partial charge in [0.25, 0.3) is 0 Å². The summed E-state index contributed by atoms with van der Waals surface area (Å²) in [5.41, 5.74) is 0.708. The largest absolute Gasteiger partial charge is 0.0622 e. The monoisotopic (exact) mass is 562 g/mol. The van der Waals surface area contributed by atoms with Crippen LogP contribution in [0, 0.1) is 10.1 Å². The normalized spacial score (nSPS) is 9.68. The van der Waals surface area contributed by atoms with E-state index in [1.165, 1.54) is 15.9 Å². The molecule has 0 aliphatic carbocycles. The summed E-state index contributed by atoms with van der Waals surface area (Å²) in [5.74, 6) is 2.76. The van der Waals surface area contributed by atoms with Crippen molar-refractivity contribution in [3.63, 3.8) is 0 Å². The molecule has 0 unspecified atom stereocenters. The van der Waals surface area contributed by atoms with Gasteiger partial charge in [0.05, 0.1) is 0 Å². The Labute approximate surface area is 179 Å². The molecule has 0 saturated carbocycles. The number of hydrogen-bond donors (Lipinski definition) is 0. The molecular weight excluding hydrogens is 544 g/mol. The van der Waals surface area contributed by atoms with Gasteiger partial charge in [-0.3, -0.25) is 0 Å². The SMILES string of the molecule is [Au][C]#Cc1cnccn1.c1ccc(P(c2ccccc2)c2ccccc2)cc1. The van der Waals surface area contributed by atoms with Crippen molar-refractivity contribution < 1.29 is 21.1 Å². The first kappa shape index (κ1) is 20.2. The molecule has 1 heterocycles. The number of benzene rings is 3. The van der Waals surface area contributed by atoms with Gasteiger partial charge in [0.15, 0.2) is 0 Å². The van der Waals surface area contributed by atoms with Crippen LogP contribution in [-0.2, 0) is 21.1 Å². The summed E-state index contributed by atoms with van der Waals surface area (Å²) >= 11 is 2.12. The third kappa shape index (κ3) is 5.99. The first-order chi connectivity index (χ1) is 13.9. The Bertz CT molecular complexity index is 921. The fourth-order valence-corrected chi connectivity index (χ4v) is 5.16. The second kappa shape index (κ2) is 11.3. The molecule has 0 radical (unpaired) electrons. The molecule has 0 amide bonds. The summed E-state index contributed by atoms with van der Waals surface area (Å²) < 4.78 is 2.68. The molecular formula is C24H18AuN2P. The first-order valence-corrected chi connectivity index (χ1v) is 11.1. The minimum Gasteiger partial charge on any atom is -0.0622 e. The second-order valence-corrected chi connectivity index (χ2v) is 8.39. The standard InChI is InChI=1S/C18H15P.C6H3N2.Au/c1-4-10-16(11-5-1)19(17-12-6-2-7-13-17)18-14-8-3-9-15-18;1-2-6-5-7-3-4-8-6;/h1-15H;3-5H;. The van der Waals surface area contributed by atoms with Crippen LogP contribution in [0.25, 0.3) is 0 Å². The first-order valence-electron chi connectivity index (χ1n) is 8.67. The zero-order valence-electron chi connectivity index (χ0n) is 15.0. The molecule has 0 atom stereocenters. The van der Waals surface area contributed by atoms with Gasteiger partial charge in [-0.2, -0.15) is 0 Å². The zero-order valence-corrected chi connectivity index (χ0v) is 18.1.